The van der Waals surface area contributed by atoms with Crippen molar-refractivity contribution in [2.45, 2.75) is 18.2 Å². The second-order valence-electron chi connectivity index (χ2n) is 6.99. The molecule has 1 aromatic carbocycles. The van der Waals surface area contributed by atoms with Crippen LogP contribution >= 0.6 is 11.3 Å². The van der Waals surface area contributed by atoms with Crippen molar-refractivity contribution in [3.8, 4) is 0 Å². The number of carbonyl (C=O) groups is 2. The Morgan fingerprint density at radius 2 is 2.00 bits per heavy atom. The summed E-state index contributed by atoms with van der Waals surface area (Å²) in [5.41, 5.74) is 4.09. The van der Waals surface area contributed by atoms with Gasteiger partial charge in [0.25, 0.3) is 15.9 Å². The van der Waals surface area contributed by atoms with Gasteiger partial charge in [0.05, 0.1) is 30.2 Å². The quantitative estimate of drug-likeness (QED) is 0.633. The number of rotatable bonds is 5. The number of likely N-dealkylation sites (N-methyl/N-ethyl adjacent to an activating group) is 1. The summed E-state index contributed by atoms with van der Waals surface area (Å²) in [4.78, 5) is 34.7. The molecule has 4 rings (SSSR count). The lowest BCUT2D eigenvalue weighted by atomic mass is 10.2. The highest BCUT2D eigenvalue weighted by Crippen LogP contribution is 2.30. The molecule has 12 heteroatoms. The molecule has 0 radical (unpaired) electrons. The zero-order valence-corrected chi connectivity index (χ0v) is 18.1. The van der Waals surface area contributed by atoms with Gasteiger partial charge in [-0.25, -0.2) is 13.4 Å². The number of morpholine rings is 1. The van der Waals surface area contributed by atoms with Crippen LogP contribution < -0.4 is 20.1 Å². The predicted molar refractivity (Wildman–Crippen MR) is 111 cm³/mol. The van der Waals surface area contributed by atoms with Gasteiger partial charge in [-0.05, 0) is 30.7 Å². The monoisotopic (exact) mass is 451 g/mol. The van der Waals surface area contributed by atoms with Gasteiger partial charge >= 0.3 is 0 Å². The van der Waals surface area contributed by atoms with E-state index < -0.39 is 15.9 Å². The molecule has 2 aliphatic rings. The van der Waals surface area contributed by atoms with E-state index in [2.05, 4.69) is 15.2 Å². The maximum atomic E-state index is 12.6. The second kappa shape index (κ2) is 7.95. The molecule has 0 unspecified atom stereocenters. The third-order valence-electron chi connectivity index (χ3n) is 5.01. The van der Waals surface area contributed by atoms with Crippen LogP contribution in [-0.4, -0.2) is 58.6 Å². The highest BCUT2D eigenvalue weighted by molar-refractivity contribution is 7.89. The highest BCUT2D eigenvalue weighted by Gasteiger charge is 2.27. The molecule has 0 atom stereocenters. The Hall–Kier alpha value is -2.54. The first-order valence-corrected chi connectivity index (χ1v) is 11.6. The van der Waals surface area contributed by atoms with Crippen LogP contribution in [0, 0.1) is 6.92 Å². The lowest BCUT2D eigenvalue weighted by Gasteiger charge is -2.25. The number of hydrogen-bond donors (Lipinski definition) is 2. The first-order valence-electron chi connectivity index (χ1n) is 9.28. The second-order valence-corrected chi connectivity index (χ2v) is 9.65. The summed E-state index contributed by atoms with van der Waals surface area (Å²) < 4.78 is 30.5. The molecule has 30 heavy (non-hydrogen) atoms. The van der Waals surface area contributed by atoms with Crippen molar-refractivity contribution < 1.29 is 22.7 Å². The number of thiazole rings is 1. The molecule has 10 nitrogen and oxygen atoms in total. The van der Waals surface area contributed by atoms with E-state index in [0.717, 1.165) is 0 Å². The number of nitrogens with zero attached hydrogens (tertiary/aromatic N) is 3. The number of anilines is 2. The highest BCUT2D eigenvalue weighted by atomic mass is 32.2. The maximum Gasteiger partial charge on any atom is 0.278 e. The van der Waals surface area contributed by atoms with E-state index >= 15 is 0 Å². The fraction of sp³-hybridized carbons (Fsp3) is 0.389. The maximum absolute atomic E-state index is 12.6. The zero-order valence-electron chi connectivity index (χ0n) is 16.5. The largest absolute Gasteiger partial charge is 0.378 e. The number of fused-ring (bicyclic) bond motifs is 1. The number of aryl methyl sites for hydroxylation is 1. The molecular weight excluding hydrogens is 430 g/mol. The smallest absolute Gasteiger partial charge is 0.278 e. The van der Waals surface area contributed by atoms with Gasteiger partial charge in [0.2, 0.25) is 5.91 Å². The van der Waals surface area contributed by atoms with Gasteiger partial charge in [-0.1, -0.05) is 11.3 Å². The zero-order chi connectivity index (χ0) is 21.5. The number of ether oxygens (including phenoxy) is 1. The number of amides is 2. The average molecular weight is 452 g/mol. The molecule has 1 aromatic heterocycles. The SMILES string of the molecule is Cc1nc(N2CCOCC2)sc1C(=O)NNS(=O)(=O)c1ccc2c(c1)CC(=O)N2C. The summed E-state index contributed by atoms with van der Waals surface area (Å²) >= 11 is 1.21. The van der Waals surface area contributed by atoms with Gasteiger partial charge in [0.1, 0.15) is 4.88 Å². The Balaban J connectivity index is 1.45. The third-order valence-corrected chi connectivity index (χ3v) is 7.47. The van der Waals surface area contributed by atoms with Crippen molar-refractivity contribution in [3.05, 3.63) is 34.3 Å². The number of carbonyl (C=O) groups excluding carboxylic acids is 2. The number of hydrogen-bond acceptors (Lipinski definition) is 8. The number of sulfonamides is 1. The average Bonchev–Trinajstić information content (AvgIpc) is 3.26. The summed E-state index contributed by atoms with van der Waals surface area (Å²) in [7, 11) is -2.36. The van der Waals surface area contributed by atoms with Gasteiger partial charge in [0, 0.05) is 25.8 Å². The Morgan fingerprint density at radius 1 is 1.27 bits per heavy atom. The van der Waals surface area contributed by atoms with E-state index in [1.54, 1.807) is 20.0 Å². The lowest BCUT2D eigenvalue weighted by molar-refractivity contribution is -0.117. The van der Waals surface area contributed by atoms with Crippen molar-refractivity contribution in [1.29, 1.82) is 0 Å². The molecule has 0 bridgehead atoms. The first kappa shape index (κ1) is 20.7. The van der Waals surface area contributed by atoms with Crippen molar-refractivity contribution in [3.63, 3.8) is 0 Å². The predicted octanol–water partition coefficient (Wildman–Crippen LogP) is 0.430. The van der Waals surface area contributed by atoms with E-state index in [9.17, 15) is 18.0 Å². The number of aromatic nitrogens is 1. The fourth-order valence-electron chi connectivity index (χ4n) is 3.33. The van der Waals surface area contributed by atoms with Crippen LogP contribution in [0.15, 0.2) is 23.1 Å². The van der Waals surface area contributed by atoms with Crippen molar-refractivity contribution in [2.24, 2.45) is 0 Å². The van der Waals surface area contributed by atoms with Crippen molar-refractivity contribution >= 4 is 44.0 Å². The Morgan fingerprint density at radius 3 is 2.73 bits per heavy atom. The summed E-state index contributed by atoms with van der Waals surface area (Å²) in [6, 6.07) is 4.43. The lowest BCUT2D eigenvalue weighted by Crippen LogP contribution is -2.41. The van der Waals surface area contributed by atoms with E-state index in [-0.39, 0.29) is 17.2 Å². The molecule has 0 aliphatic carbocycles. The molecule has 3 heterocycles. The van der Waals surface area contributed by atoms with Crippen LogP contribution in [0.3, 0.4) is 0 Å². The normalized spacial score (nSPS) is 16.7. The van der Waals surface area contributed by atoms with Crippen molar-refractivity contribution in [2.75, 3.05) is 43.2 Å². The van der Waals surface area contributed by atoms with Gasteiger partial charge < -0.3 is 14.5 Å². The van der Waals surface area contributed by atoms with Crippen LogP contribution in [0.25, 0.3) is 0 Å². The minimum Gasteiger partial charge on any atom is -0.378 e. The molecule has 2 aromatic rings. The van der Waals surface area contributed by atoms with Crippen molar-refractivity contribution in [1.82, 2.24) is 15.2 Å². The summed E-state index contributed by atoms with van der Waals surface area (Å²) in [6.45, 7) is 4.29. The van der Waals surface area contributed by atoms with Crippen LogP contribution in [-0.2, 0) is 26.0 Å². The topological polar surface area (TPSA) is 121 Å². The Labute approximate surface area is 177 Å². The van der Waals surface area contributed by atoms with Crippen LogP contribution in [0.4, 0.5) is 10.8 Å². The van der Waals surface area contributed by atoms with Gasteiger partial charge in [-0.2, -0.15) is 0 Å². The molecule has 2 aliphatic heterocycles. The van der Waals surface area contributed by atoms with E-state index in [1.807, 2.05) is 4.90 Å². The van der Waals surface area contributed by atoms with Gasteiger partial charge in [-0.3, -0.25) is 15.0 Å². The molecule has 1 fully saturated rings. The van der Waals surface area contributed by atoms with E-state index in [1.165, 1.54) is 28.4 Å². The summed E-state index contributed by atoms with van der Waals surface area (Å²) in [5.74, 6) is -0.679. The van der Waals surface area contributed by atoms with E-state index in [0.29, 0.717) is 53.3 Å². The number of benzene rings is 1. The molecule has 2 N–H and O–H groups in total. The minimum absolute atomic E-state index is 0.0281. The minimum atomic E-state index is -4.00. The number of hydrazine groups is 1. The summed E-state index contributed by atoms with van der Waals surface area (Å²) in [5, 5.41) is 0.705. The molecule has 1 saturated heterocycles. The summed E-state index contributed by atoms with van der Waals surface area (Å²) in [6.07, 6.45) is 0.145. The van der Waals surface area contributed by atoms with Crippen LogP contribution in [0.2, 0.25) is 0 Å². The number of nitrogens with one attached hydrogen (secondary N) is 2. The Bertz CT molecular complexity index is 1110. The molecule has 0 spiro atoms. The standard InChI is InChI=1S/C18H21N5O5S2/c1-11-16(29-18(19-11)23-5-7-28-8-6-23)17(25)20-21-30(26,27)13-3-4-14-12(9-13)10-15(24)22(14)2/h3-4,9,21H,5-8,10H2,1-2H3,(H,20,25). The molecule has 160 valence electrons. The van der Waals surface area contributed by atoms with Crippen LogP contribution in [0.5, 0.6) is 0 Å². The first-order chi connectivity index (χ1) is 14.3. The molecular formula is C18H21N5O5S2. The van der Waals surface area contributed by atoms with E-state index in [4.69, 9.17) is 4.74 Å². The molecule has 2 amide bonds. The van der Waals surface area contributed by atoms with Gasteiger partial charge in [-0.15, -0.1) is 4.83 Å². The third kappa shape index (κ3) is 3.90. The fourth-order valence-corrected chi connectivity index (χ4v) is 5.23. The van der Waals surface area contributed by atoms with Crippen LogP contribution in [0.1, 0.15) is 20.9 Å². The Kier molecular flexibility index (Phi) is 5.49. The van der Waals surface area contributed by atoms with Gasteiger partial charge in [0.15, 0.2) is 5.13 Å². The molecule has 0 saturated carbocycles.